The number of nitrogens with zero attached hydrogens (tertiary/aromatic N) is 3. The monoisotopic (exact) mass is 414 g/mol. The van der Waals surface area contributed by atoms with Crippen LogP contribution in [0.1, 0.15) is 15.9 Å². The number of halogens is 1. The quantitative estimate of drug-likeness (QED) is 0.374. The molecule has 0 aliphatic heterocycles. The minimum Gasteiger partial charge on any atom is -0.497 e. The summed E-state index contributed by atoms with van der Waals surface area (Å²) in [5, 5.41) is 8.61. The zero-order chi connectivity index (χ0) is 21.6. The van der Waals surface area contributed by atoms with Crippen molar-refractivity contribution in [2.24, 2.45) is 5.10 Å². The number of hydrazone groups is 1. The molecule has 1 heterocycles. The van der Waals surface area contributed by atoms with E-state index in [2.05, 4.69) is 15.6 Å². The van der Waals surface area contributed by atoms with E-state index in [9.17, 15) is 9.18 Å². The second kappa shape index (κ2) is 9.04. The van der Waals surface area contributed by atoms with Gasteiger partial charge in [-0.2, -0.15) is 10.2 Å². The van der Waals surface area contributed by atoms with Crippen molar-refractivity contribution >= 4 is 12.1 Å². The summed E-state index contributed by atoms with van der Waals surface area (Å²) in [7, 11) is 1.59. The molecule has 0 saturated heterocycles. The molecule has 3 aromatic carbocycles. The molecule has 0 spiro atoms. The van der Waals surface area contributed by atoms with E-state index in [1.165, 1.54) is 18.3 Å². The van der Waals surface area contributed by atoms with Crippen LogP contribution >= 0.6 is 0 Å². The number of benzene rings is 3. The molecule has 0 aliphatic rings. The van der Waals surface area contributed by atoms with Crippen LogP contribution in [0.25, 0.3) is 16.9 Å². The molecule has 7 heteroatoms. The Kier molecular flexibility index (Phi) is 5.84. The fourth-order valence-electron chi connectivity index (χ4n) is 2.99. The van der Waals surface area contributed by atoms with Crippen molar-refractivity contribution in [1.29, 1.82) is 0 Å². The lowest BCUT2D eigenvalue weighted by atomic mass is 10.1. The van der Waals surface area contributed by atoms with Crippen molar-refractivity contribution < 1.29 is 13.9 Å². The van der Waals surface area contributed by atoms with E-state index in [1.807, 2.05) is 54.6 Å². The van der Waals surface area contributed by atoms with Crippen LogP contribution in [0.4, 0.5) is 4.39 Å². The van der Waals surface area contributed by atoms with E-state index in [0.717, 1.165) is 11.3 Å². The minimum absolute atomic E-state index is 0.335. The van der Waals surface area contributed by atoms with E-state index in [0.29, 0.717) is 22.6 Å². The van der Waals surface area contributed by atoms with E-state index >= 15 is 0 Å². The van der Waals surface area contributed by atoms with E-state index in [1.54, 1.807) is 30.1 Å². The summed E-state index contributed by atoms with van der Waals surface area (Å²) in [5.74, 6) is -0.0360. The van der Waals surface area contributed by atoms with Gasteiger partial charge < -0.3 is 4.74 Å². The topological polar surface area (TPSA) is 68.5 Å². The molecule has 0 unspecified atom stereocenters. The third kappa shape index (κ3) is 4.67. The molecule has 0 bridgehead atoms. The highest BCUT2D eigenvalue weighted by atomic mass is 19.1. The van der Waals surface area contributed by atoms with Gasteiger partial charge in [-0.05, 0) is 54.1 Å². The Morgan fingerprint density at radius 1 is 1.03 bits per heavy atom. The van der Waals surface area contributed by atoms with Crippen molar-refractivity contribution in [2.75, 3.05) is 7.11 Å². The SMILES string of the molecule is COc1ccc(-c2nn(-c3ccccc3)cc2C(=O)N/N=C/c2ccc(F)cc2)cc1. The summed E-state index contributed by atoms with van der Waals surface area (Å²) in [4.78, 5) is 12.9. The number of rotatable bonds is 6. The van der Waals surface area contributed by atoms with E-state index in [-0.39, 0.29) is 5.82 Å². The second-order valence-electron chi connectivity index (χ2n) is 6.65. The van der Waals surface area contributed by atoms with Gasteiger partial charge in [0.25, 0.3) is 5.91 Å². The average molecular weight is 414 g/mol. The first-order valence-corrected chi connectivity index (χ1v) is 9.52. The van der Waals surface area contributed by atoms with Crippen molar-refractivity contribution in [1.82, 2.24) is 15.2 Å². The van der Waals surface area contributed by atoms with Crippen LogP contribution in [0.2, 0.25) is 0 Å². The molecule has 6 nitrogen and oxygen atoms in total. The van der Waals surface area contributed by atoms with Gasteiger partial charge in [-0.1, -0.05) is 30.3 Å². The Morgan fingerprint density at radius 2 is 1.74 bits per heavy atom. The van der Waals surface area contributed by atoms with Gasteiger partial charge in [0.1, 0.15) is 17.3 Å². The number of nitrogens with one attached hydrogen (secondary N) is 1. The number of ether oxygens (including phenoxy) is 1. The molecule has 0 radical (unpaired) electrons. The van der Waals surface area contributed by atoms with Crippen LogP contribution in [0.15, 0.2) is 90.2 Å². The molecule has 0 fully saturated rings. The highest BCUT2D eigenvalue weighted by Crippen LogP contribution is 2.26. The maximum absolute atomic E-state index is 13.0. The average Bonchev–Trinajstić information content (AvgIpc) is 3.27. The molecular formula is C24H19FN4O2. The summed E-state index contributed by atoms with van der Waals surface area (Å²) < 4.78 is 19.9. The first kappa shape index (κ1) is 20.0. The summed E-state index contributed by atoms with van der Waals surface area (Å²) in [5.41, 5.74) is 5.65. The number of para-hydroxylation sites is 1. The lowest BCUT2D eigenvalue weighted by Crippen LogP contribution is -2.18. The molecule has 4 aromatic rings. The standard InChI is InChI=1S/C24H19FN4O2/c1-31-21-13-9-18(10-14-21)23-22(16-29(28-23)20-5-3-2-4-6-20)24(30)27-26-15-17-7-11-19(25)12-8-17/h2-16H,1H3,(H,27,30)/b26-15+. The highest BCUT2D eigenvalue weighted by Gasteiger charge is 2.18. The molecule has 0 saturated carbocycles. The summed E-state index contributed by atoms with van der Waals surface area (Å²) in [6.07, 6.45) is 3.11. The molecule has 31 heavy (non-hydrogen) atoms. The minimum atomic E-state index is -0.411. The number of carbonyl (C=O) groups excluding carboxylic acids is 1. The summed E-state index contributed by atoms with van der Waals surface area (Å²) >= 11 is 0. The number of methoxy groups -OCH3 is 1. The van der Waals surface area contributed by atoms with Crippen molar-refractivity contribution in [3.05, 3.63) is 102 Å². The number of hydrogen-bond acceptors (Lipinski definition) is 4. The maximum atomic E-state index is 13.0. The van der Waals surface area contributed by atoms with Gasteiger partial charge in [0, 0.05) is 11.8 Å². The number of aromatic nitrogens is 2. The first-order valence-electron chi connectivity index (χ1n) is 9.52. The molecule has 1 aromatic heterocycles. The Morgan fingerprint density at radius 3 is 2.42 bits per heavy atom. The van der Waals surface area contributed by atoms with Crippen molar-refractivity contribution in [2.45, 2.75) is 0 Å². The molecule has 4 rings (SSSR count). The van der Waals surface area contributed by atoms with E-state index < -0.39 is 5.91 Å². The van der Waals surface area contributed by atoms with Crippen LogP contribution in [0, 0.1) is 5.82 Å². The predicted octanol–water partition coefficient (Wildman–Crippen LogP) is 4.45. The third-order valence-corrected chi connectivity index (χ3v) is 4.59. The predicted molar refractivity (Wildman–Crippen MR) is 117 cm³/mol. The smallest absolute Gasteiger partial charge is 0.275 e. The van der Waals surface area contributed by atoms with Gasteiger partial charge in [0.15, 0.2) is 0 Å². The molecule has 1 N–H and O–H groups in total. The van der Waals surface area contributed by atoms with Crippen molar-refractivity contribution in [3.63, 3.8) is 0 Å². The fourth-order valence-corrected chi connectivity index (χ4v) is 2.99. The summed E-state index contributed by atoms with van der Waals surface area (Å²) in [6, 6.07) is 22.6. The zero-order valence-corrected chi connectivity index (χ0v) is 16.7. The fraction of sp³-hybridized carbons (Fsp3) is 0.0417. The summed E-state index contributed by atoms with van der Waals surface area (Å²) in [6.45, 7) is 0. The Labute approximate surface area is 178 Å². The zero-order valence-electron chi connectivity index (χ0n) is 16.7. The van der Waals surface area contributed by atoms with E-state index in [4.69, 9.17) is 4.74 Å². The highest BCUT2D eigenvalue weighted by molar-refractivity contribution is 6.00. The lowest BCUT2D eigenvalue weighted by molar-refractivity contribution is 0.0955. The molecule has 154 valence electrons. The van der Waals surface area contributed by atoms with Gasteiger partial charge in [0.05, 0.1) is 24.6 Å². The molecule has 1 amide bonds. The van der Waals surface area contributed by atoms with Crippen LogP contribution in [0.3, 0.4) is 0 Å². The van der Waals surface area contributed by atoms with Crippen LogP contribution in [-0.2, 0) is 0 Å². The van der Waals surface area contributed by atoms with Gasteiger partial charge in [0.2, 0.25) is 0 Å². The van der Waals surface area contributed by atoms with Crippen LogP contribution in [0.5, 0.6) is 5.75 Å². The van der Waals surface area contributed by atoms with Crippen LogP contribution < -0.4 is 10.2 Å². The molecule has 0 atom stereocenters. The Balaban J connectivity index is 1.64. The van der Waals surface area contributed by atoms with Gasteiger partial charge in [-0.25, -0.2) is 14.5 Å². The van der Waals surface area contributed by atoms with Gasteiger partial charge in [-0.15, -0.1) is 0 Å². The van der Waals surface area contributed by atoms with Crippen molar-refractivity contribution in [3.8, 4) is 22.7 Å². The number of amides is 1. The maximum Gasteiger partial charge on any atom is 0.275 e. The largest absolute Gasteiger partial charge is 0.497 e. The Bertz CT molecular complexity index is 1200. The number of carbonyl (C=O) groups is 1. The normalized spacial score (nSPS) is 10.9. The number of hydrogen-bond donors (Lipinski definition) is 1. The van der Waals surface area contributed by atoms with Gasteiger partial charge in [-0.3, -0.25) is 4.79 Å². The lowest BCUT2D eigenvalue weighted by Gasteiger charge is -2.03. The van der Waals surface area contributed by atoms with Gasteiger partial charge >= 0.3 is 0 Å². The molecule has 0 aliphatic carbocycles. The Hall–Kier alpha value is -4.26. The first-order chi connectivity index (χ1) is 15.1. The van der Waals surface area contributed by atoms with Crippen LogP contribution in [-0.4, -0.2) is 29.0 Å². The molecular weight excluding hydrogens is 395 g/mol. The third-order valence-electron chi connectivity index (χ3n) is 4.59. The second-order valence-corrected chi connectivity index (χ2v) is 6.65.